The van der Waals surface area contributed by atoms with Crippen molar-refractivity contribution >= 4 is 21.6 Å². The number of benzene rings is 1. The molecule has 0 aliphatic carbocycles. The van der Waals surface area contributed by atoms with Gasteiger partial charge in [-0.15, -0.1) is 0 Å². The van der Waals surface area contributed by atoms with Crippen LogP contribution in [0.15, 0.2) is 16.6 Å². The zero-order chi connectivity index (χ0) is 11.5. The average Bonchev–Trinajstić information content (AvgIpc) is 2.25. The Labute approximate surface area is 101 Å². The fraction of sp³-hybridized carbons (Fsp3) is 0.455. The number of hydrogen-bond acceptors (Lipinski definition) is 2. The molecular formula is C11H12BrF2NO. The van der Waals surface area contributed by atoms with Crippen molar-refractivity contribution in [2.24, 2.45) is 0 Å². The van der Waals surface area contributed by atoms with Crippen molar-refractivity contribution in [3.63, 3.8) is 0 Å². The third-order valence-electron chi connectivity index (χ3n) is 2.52. The molecule has 0 amide bonds. The Hall–Kier alpha value is -0.680. The van der Waals surface area contributed by atoms with Crippen molar-refractivity contribution < 1.29 is 13.5 Å². The lowest BCUT2D eigenvalue weighted by Gasteiger charge is -2.24. The van der Waals surface area contributed by atoms with Gasteiger partial charge in [-0.1, -0.05) is 15.9 Å². The quantitative estimate of drug-likeness (QED) is 0.903. The van der Waals surface area contributed by atoms with E-state index in [-0.39, 0.29) is 11.7 Å². The first-order valence-corrected chi connectivity index (χ1v) is 5.95. The molecule has 16 heavy (non-hydrogen) atoms. The maximum absolute atomic E-state index is 13.5. The number of hydrogen-bond donors (Lipinski definition) is 1. The van der Waals surface area contributed by atoms with Gasteiger partial charge < -0.3 is 10.1 Å². The Balaban J connectivity index is 2.14. The summed E-state index contributed by atoms with van der Waals surface area (Å²) < 4.78 is 32.6. The van der Waals surface area contributed by atoms with Crippen LogP contribution in [0.1, 0.15) is 12.8 Å². The van der Waals surface area contributed by atoms with Crippen molar-refractivity contribution in [2.75, 3.05) is 18.5 Å². The van der Waals surface area contributed by atoms with E-state index < -0.39 is 11.6 Å². The number of rotatable bonds is 2. The summed E-state index contributed by atoms with van der Waals surface area (Å²) in [5, 5.41) is 2.85. The molecule has 1 unspecified atom stereocenters. The summed E-state index contributed by atoms with van der Waals surface area (Å²) in [6, 6.07) is 2.48. The van der Waals surface area contributed by atoms with E-state index >= 15 is 0 Å². The number of halogens is 3. The zero-order valence-corrected chi connectivity index (χ0v) is 10.2. The van der Waals surface area contributed by atoms with E-state index in [1.807, 2.05) is 0 Å². The zero-order valence-electron chi connectivity index (χ0n) is 8.60. The van der Waals surface area contributed by atoms with Crippen molar-refractivity contribution in [3.8, 4) is 0 Å². The SMILES string of the molecule is Fc1cc(Br)cc(F)c1NC1CCCOC1. The minimum atomic E-state index is -0.586. The molecule has 1 fully saturated rings. The molecule has 1 saturated heterocycles. The maximum atomic E-state index is 13.5. The van der Waals surface area contributed by atoms with Gasteiger partial charge in [-0.2, -0.15) is 0 Å². The summed E-state index contributed by atoms with van der Waals surface area (Å²) in [5.41, 5.74) is -0.0706. The first-order chi connectivity index (χ1) is 7.66. The molecule has 1 aromatic rings. The van der Waals surface area contributed by atoms with Crippen LogP contribution in [0.2, 0.25) is 0 Å². The molecule has 0 aromatic heterocycles. The molecule has 88 valence electrons. The van der Waals surface area contributed by atoms with Crippen molar-refractivity contribution in [1.82, 2.24) is 0 Å². The summed E-state index contributed by atoms with van der Waals surface area (Å²) in [5.74, 6) is -1.17. The largest absolute Gasteiger partial charge is 0.379 e. The summed E-state index contributed by atoms with van der Waals surface area (Å²) in [6.07, 6.45) is 1.78. The molecule has 0 spiro atoms. The minimum absolute atomic E-state index is 0.0149. The highest BCUT2D eigenvalue weighted by Gasteiger charge is 2.18. The minimum Gasteiger partial charge on any atom is -0.379 e. The predicted molar refractivity (Wildman–Crippen MR) is 61.5 cm³/mol. The van der Waals surface area contributed by atoms with E-state index in [4.69, 9.17) is 4.74 Å². The molecule has 1 aliphatic rings. The van der Waals surface area contributed by atoms with Crippen LogP contribution in [-0.4, -0.2) is 19.3 Å². The second-order valence-corrected chi connectivity index (χ2v) is 4.72. The second-order valence-electron chi connectivity index (χ2n) is 3.80. The van der Waals surface area contributed by atoms with Gasteiger partial charge in [-0.3, -0.25) is 0 Å². The molecule has 1 N–H and O–H groups in total. The second kappa shape index (κ2) is 5.10. The highest BCUT2D eigenvalue weighted by atomic mass is 79.9. The molecule has 1 aromatic carbocycles. The Morgan fingerprint density at radius 1 is 1.31 bits per heavy atom. The van der Waals surface area contributed by atoms with Gasteiger partial charge in [0.05, 0.1) is 6.61 Å². The monoisotopic (exact) mass is 291 g/mol. The van der Waals surface area contributed by atoms with E-state index in [0.29, 0.717) is 11.1 Å². The van der Waals surface area contributed by atoms with Gasteiger partial charge in [0.2, 0.25) is 0 Å². The van der Waals surface area contributed by atoms with E-state index in [1.165, 1.54) is 12.1 Å². The van der Waals surface area contributed by atoms with Crippen LogP contribution in [-0.2, 0) is 4.74 Å². The van der Waals surface area contributed by atoms with Gasteiger partial charge in [0.15, 0.2) is 0 Å². The van der Waals surface area contributed by atoms with E-state index in [0.717, 1.165) is 19.4 Å². The fourth-order valence-electron chi connectivity index (χ4n) is 1.74. The first kappa shape index (κ1) is 11.8. The molecule has 2 rings (SSSR count). The Morgan fingerprint density at radius 2 is 2.00 bits per heavy atom. The van der Waals surface area contributed by atoms with Crippen LogP contribution in [0, 0.1) is 11.6 Å². The third kappa shape index (κ3) is 2.71. The number of anilines is 1. The fourth-order valence-corrected chi connectivity index (χ4v) is 2.14. The van der Waals surface area contributed by atoms with Crippen molar-refractivity contribution in [2.45, 2.75) is 18.9 Å². The smallest absolute Gasteiger partial charge is 0.150 e. The average molecular weight is 292 g/mol. The van der Waals surface area contributed by atoms with E-state index in [1.54, 1.807) is 0 Å². The molecule has 1 atom stereocenters. The molecule has 0 saturated carbocycles. The lowest BCUT2D eigenvalue weighted by molar-refractivity contribution is 0.0874. The van der Waals surface area contributed by atoms with Crippen molar-refractivity contribution in [1.29, 1.82) is 0 Å². The number of nitrogens with one attached hydrogen (secondary N) is 1. The first-order valence-electron chi connectivity index (χ1n) is 5.15. The third-order valence-corrected chi connectivity index (χ3v) is 2.97. The van der Waals surface area contributed by atoms with E-state index in [9.17, 15) is 8.78 Å². The standard InChI is InChI=1S/C11H12BrF2NO/c12-7-4-9(13)11(10(14)5-7)15-8-2-1-3-16-6-8/h4-5,8,15H,1-3,6H2. The topological polar surface area (TPSA) is 21.3 Å². The molecular weight excluding hydrogens is 280 g/mol. The molecule has 0 bridgehead atoms. The molecule has 5 heteroatoms. The summed E-state index contributed by atoms with van der Waals surface area (Å²) in [7, 11) is 0. The summed E-state index contributed by atoms with van der Waals surface area (Å²) >= 11 is 3.04. The maximum Gasteiger partial charge on any atom is 0.150 e. The van der Waals surface area contributed by atoms with Crippen LogP contribution < -0.4 is 5.32 Å². The van der Waals surface area contributed by atoms with Crippen LogP contribution in [0.25, 0.3) is 0 Å². The van der Waals surface area contributed by atoms with Crippen LogP contribution in [0.4, 0.5) is 14.5 Å². The van der Waals surface area contributed by atoms with Gasteiger partial charge in [0.25, 0.3) is 0 Å². The molecule has 1 aliphatic heterocycles. The summed E-state index contributed by atoms with van der Waals surface area (Å²) in [6.45, 7) is 1.22. The predicted octanol–water partition coefficient (Wildman–Crippen LogP) is 3.32. The highest BCUT2D eigenvalue weighted by Crippen LogP contribution is 2.25. The highest BCUT2D eigenvalue weighted by molar-refractivity contribution is 9.10. The number of ether oxygens (including phenoxy) is 1. The Bertz CT molecular complexity index is 357. The van der Waals surface area contributed by atoms with Crippen molar-refractivity contribution in [3.05, 3.63) is 28.2 Å². The lowest BCUT2D eigenvalue weighted by atomic mass is 10.1. The Morgan fingerprint density at radius 3 is 2.56 bits per heavy atom. The van der Waals surface area contributed by atoms with Crippen LogP contribution >= 0.6 is 15.9 Å². The normalized spacial score (nSPS) is 20.8. The molecule has 2 nitrogen and oxygen atoms in total. The van der Waals surface area contributed by atoms with Crippen LogP contribution in [0.3, 0.4) is 0 Å². The van der Waals surface area contributed by atoms with Gasteiger partial charge in [0.1, 0.15) is 17.3 Å². The van der Waals surface area contributed by atoms with E-state index in [2.05, 4.69) is 21.2 Å². The molecule has 1 heterocycles. The van der Waals surface area contributed by atoms with Gasteiger partial charge in [-0.05, 0) is 25.0 Å². The van der Waals surface area contributed by atoms with Gasteiger partial charge in [0, 0.05) is 17.1 Å². The van der Waals surface area contributed by atoms with Gasteiger partial charge >= 0.3 is 0 Å². The lowest BCUT2D eigenvalue weighted by Crippen LogP contribution is -2.30. The molecule has 0 radical (unpaired) electrons. The Kier molecular flexibility index (Phi) is 3.76. The van der Waals surface area contributed by atoms with Crippen LogP contribution in [0.5, 0.6) is 0 Å². The van der Waals surface area contributed by atoms with Gasteiger partial charge in [-0.25, -0.2) is 8.78 Å². The summed E-state index contributed by atoms with van der Waals surface area (Å²) in [4.78, 5) is 0.